The Morgan fingerprint density at radius 1 is 1.00 bits per heavy atom. The molecule has 37 heavy (non-hydrogen) atoms. The van der Waals surface area contributed by atoms with E-state index in [1.54, 1.807) is 21.6 Å². The van der Waals surface area contributed by atoms with Gasteiger partial charge in [-0.2, -0.15) is 5.10 Å². The highest BCUT2D eigenvalue weighted by Crippen LogP contribution is 2.19. The molecule has 5 rings (SSSR count). The van der Waals surface area contributed by atoms with Gasteiger partial charge in [0.05, 0.1) is 24.6 Å². The largest absolute Gasteiger partial charge is 0.312 e. The Morgan fingerprint density at radius 2 is 1.86 bits per heavy atom. The van der Waals surface area contributed by atoms with Gasteiger partial charge in [0.15, 0.2) is 5.78 Å². The monoisotopic (exact) mass is 495 g/mol. The van der Waals surface area contributed by atoms with Crippen LogP contribution in [0.3, 0.4) is 0 Å². The third-order valence-corrected chi connectivity index (χ3v) is 7.03. The second-order valence-corrected chi connectivity index (χ2v) is 9.79. The molecule has 1 aliphatic heterocycles. The van der Waals surface area contributed by atoms with Crippen LogP contribution < -0.4 is 10.9 Å². The number of aryl methyl sites for hydroxylation is 4. The molecule has 2 aromatic heterocycles. The fourth-order valence-electron chi connectivity index (χ4n) is 4.97. The number of nitrogens with zero attached hydrogens (tertiary/aromatic N) is 4. The minimum atomic E-state index is -0.191. The first-order valence-electron chi connectivity index (χ1n) is 13.0. The Kier molecular flexibility index (Phi) is 7.70. The van der Waals surface area contributed by atoms with Gasteiger partial charge in [0.25, 0.3) is 5.56 Å². The normalized spacial score (nSPS) is 12.9. The molecule has 0 spiro atoms. The number of hydrogen-bond acceptors (Lipinski definition) is 5. The molecule has 0 unspecified atom stereocenters. The van der Waals surface area contributed by atoms with Gasteiger partial charge in [0.1, 0.15) is 5.69 Å². The van der Waals surface area contributed by atoms with Crippen molar-refractivity contribution < 1.29 is 4.79 Å². The van der Waals surface area contributed by atoms with Gasteiger partial charge in [0.2, 0.25) is 0 Å². The quantitative estimate of drug-likeness (QED) is 0.363. The van der Waals surface area contributed by atoms with Crippen molar-refractivity contribution in [2.75, 3.05) is 6.54 Å². The van der Waals surface area contributed by atoms with Gasteiger partial charge in [-0.1, -0.05) is 48.5 Å². The van der Waals surface area contributed by atoms with Crippen LogP contribution in [0.25, 0.3) is 11.3 Å². The lowest BCUT2D eigenvalue weighted by Crippen LogP contribution is -2.29. The van der Waals surface area contributed by atoms with Crippen LogP contribution >= 0.6 is 0 Å². The molecule has 0 saturated heterocycles. The number of carbonyl (C=O) groups excluding carboxylic acids is 1. The topological polar surface area (TPSA) is 81.8 Å². The molecule has 0 amide bonds. The van der Waals surface area contributed by atoms with E-state index in [1.807, 2.05) is 31.4 Å². The molecule has 3 heterocycles. The standard InChI is InChI=1S/C30H33N5O2/c1-34-20-26(18-33-34)29-19-32-28(9-5-8-22-6-3-2-4-7-22)30(37)35(29)21-27(36)13-11-23-10-12-25-17-31-15-14-24(25)16-23/h2-4,6-7,10,12,16,18-20,31H,5,8-9,11,13-15,17,21H2,1H3. The van der Waals surface area contributed by atoms with Crippen molar-refractivity contribution in [2.24, 2.45) is 7.05 Å². The van der Waals surface area contributed by atoms with Crippen molar-refractivity contribution in [2.45, 2.75) is 51.6 Å². The van der Waals surface area contributed by atoms with Gasteiger partial charge in [-0.15, -0.1) is 0 Å². The highest BCUT2D eigenvalue weighted by Gasteiger charge is 2.17. The molecular formula is C30H33N5O2. The van der Waals surface area contributed by atoms with Crippen molar-refractivity contribution in [3.63, 3.8) is 0 Å². The maximum Gasteiger partial charge on any atom is 0.273 e. The lowest BCUT2D eigenvalue weighted by atomic mass is 9.96. The molecule has 7 heteroatoms. The molecule has 0 bridgehead atoms. The van der Waals surface area contributed by atoms with Crippen molar-refractivity contribution in [3.8, 4) is 11.3 Å². The van der Waals surface area contributed by atoms with Crippen molar-refractivity contribution >= 4 is 5.78 Å². The molecule has 0 fully saturated rings. The summed E-state index contributed by atoms with van der Waals surface area (Å²) in [5.41, 5.74) is 6.83. The van der Waals surface area contributed by atoms with Crippen LogP contribution in [0, 0.1) is 0 Å². The molecular weight excluding hydrogens is 462 g/mol. The summed E-state index contributed by atoms with van der Waals surface area (Å²) in [5, 5.41) is 7.64. The molecule has 0 atom stereocenters. The maximum atomic E-state index is 13.5. The van der Waals surface area contributed by atoms with E-state index in [0.29, 0.717) is 30.7 Å². The molecule has 2 aromatic carbocycles. The van der Waals surface area contributed by atoms with Gasteiger partial charge in [0, 0.05) is 31.8 Å². The van der Waals surface area contributed by atoms with E-state index in [2.05, 4.69) is 45.7 Å². The van der Waals surface area contributed by atoms with E-state index in [4.69, 9.17) is 0 Å². The van der Waals surface area contributed by atoms with Gasteiger partial charge in [-0.25, -0.2) is 0 Å². The lowest BCUT2D eigenvalue weighted by Gasteiger charge is -2.18. The molecule has 4 aromatic rings. The van der Waals surface area contributed by atoms with Gasteiger partial charge in [-0.3, -0.25) is 23.8 Å². The minimum Gasteiger partial charge on any atom is -0.312 e. The third-order valence-electron chi connectivity index (χ3n) is 7.03. The summed E-state index contributed by atoms with van der Waals surface area (Å²) in [6.07, 6.45) is 9.60. The first-order valence-corrected chi connectivity index (χ1v) is 13.0. The van der Waals surface area contributed by atoms with E-state index in [1.165, 1.54) is 22.3 Å². The van der Waals surface area contributed by atoms with Gasteiger partial charge < -0.3 is 5.32 Å². The average Bonchev–Trinajstić information content (AvgIpc) is 3.36. The highest BCUT2D eigenvalue weighted by atomic mass is 16.1. The van der Waals surface area contributed by atoms with Gasteiger partial charge in [-0.05, 0) is 60.9 Å². The van der Waals surface area contributed by atoms with E-state index < -0.39 is 0 Å². The fraction of sp³-hybridized carbons (Fsp3) is 0.333. The average molecular weight is 496 g/mol. The number of nitrogens with one attached hydrogen (secondary N) is 1. The summed E-state index contributed by atoms with van der Waals surface area (Å²) in [7, 11) is 1.83. The Morgan fingerprint density at radius 3 is 2.68 bits per heavy atom. The van der Waals surface area contributed by atoms with Crippen molar-refractivity contribution in [3.05, 3.63) is 105 Å². The van der Waals surface area contributed by atoms with E-state index in [-0.39, 0.29) is 17.9 Å². The molecule has 0 aliphatic carbocycles. The van der Waals surface area contributed by atoms with E-state index in [9.17, 15) is 9.59 Å². The highest BCUT2D eigenvalue weighted by molar-refractivity contribution is 5.79. The predicted molar refractivity (Wildman–Crippen MR) is 144 cm³/mol. The third kappa shape index (κ3) is 6.12. The second kappa shape index (κ2) is 11.5. The number of aromatic nitrogens is 4. The summed E-state index contributed by atoms with van der Waals surface area (Å²) in [6.45, 7) is 1.93. The number of Topliss-reactive ketones (excluding diaryl/α,β-unsaturated/α-hetero) is 1. The van der Waals surface area contributed by atoms with Crippen LogP contribution in [0.2, 0.25) is 0 Å². The molecule has 190 valence electrons. The lowest BCUT2D eigenvalue weighted by molar-refractivity contribution is -0.119. The van der Waals surface area contributed by atoms with Gasteiger partial charge >= 0.3 is 0 Å². The summed E-state index contributed by atoms with van der Waals surface area (Å²) < 4.78 is 3.27. The maximum absolute atomic E-state index is 13.5. The molecule has 0 radical (unpaired) electrons. The summed E-state index contributed by atoms with van der Waals surface area (Å²) in [4.78, 5) is 31.1. The minimum absolute atomic E-state index is 0.0339. The van der Waals surface area contributed by atoms with Crippen LogP contribution in [0.15, 0.2) is 71.9 Å². The first-order chi connectivity index (χ1) is 18.1. The number of benzene rings is 2. The Balaban J connectivity index is 1.31. The van der Waals surface area contributed by atoms with Crippen molar-refractivity contribution in [1.82, 2.24) is 24.6 Å². The van der Waals surface area contributed by atoms with Crippen molar-refractivity contribution in [1.29, 1.82) is 0 Å². The van der Waals surface area contributed by atoms with E-state index >= 15 is 0 Å². The van der Waals surface area contributed by atoms with Crippen LogP contribution in [0.4, 0.5) is 0 Å². The fourth-order valence-corrected chi connectivity index (χ4v) is 4.97. The zero-order chi connectivity index (χ0) is 25.6. The zero-order valence-electron chi connectivity index (χ0n) is 21.3. The smallest absolute Gasteiger partial charge is 0.273 e. The summed E-state index contributed by atoms with van der Waals surface area (Å²) in [5.74, 6) is 0.0352. The van der Waals surface area contributed by atoms with Crippen LogP contribution in [-0.4, -0.2) is 31.7 Å². The molecule has 0 saturated carbocycles. The number of ketones is 1. The number of rotatable bonds is 10. The second-order valence-electron chi connectivity index (χ2n) is 9.79. The molecule has 1 N–H and O–H groups in total. The number of hydrogen-bond donors (Lipinski definition) is 1. The Labute approximate surface area is 217 Å². The molecule has 1 aliphatic rings. The Bertz CT molecular complexity index is 1440. The number of fused-ring (bicyclic) bond motifs is 1. The van der Waals surface area contributed by atoms with Crippen LogP contribution in [0.1, 0.15) is 40.8 Å². The van der Waals surface area contributed by atoms with Crippen LogP contribution in [0.5, 0.6) is 0 Å². The summed E-state index contributed by atoms with van der Waals surface area (Å²) >= 11 is 0. The first kappa shape index (κ1) is 24.8. The predicted octanol–water partition coefficient (Wildman–Crippen LogP) is 3.67. The van der Waals surface area contributed by atoms with E-state index in [0.717, 1.165) is 37.9 Å². The SMILES string of the molecule is Cn1cc(-c2cnc(CCCc3ccccc3)c(=O)n2CC(=O)CCc2ccc3c(c2)CCNC3)cn1. The number of carbonyl (C=O) groups is 1. The zero-order valence-corrected chi connectivity index (χ0v) is 21.3. The Hall–Kier alpha value is -3.84. The summed E-state index contributed by atoms with van der Waals surface area (Å²) in [6, 6.07) is 16.7. The van der Waals surface area contributed by atoms with Crippen LogP contribution in [-0.2, 0) is 50.6 Å². The molecule has 7 nitrogen and oxygen atoms in total.